The zero-order valence-corrected chi connectivity index (χ0v) is 14.8. The van der Waals surface area contributed by atoms with Gasteiger partial charge in [0.1, 0.15) is 0 Å². The summed E-state index contributed by atoms with van der Waals surface area (Å²) in [5, 5.41) is 1.06. The highest BCUT2D eigenvalue weighted by Crippen LogP contribution is 2.33. The molecule has 1 N–H and O–H groups in total. The molecule has 2 aromatic rings. The maximum Gasteiger partial charge on any atom is 0.340 e. The van der Waals surface area contributed by atoms with E-state index in [1.807, 2.05) is 12.1 Å². The second-order valence-corrected chi connectivity index (χ2v) is 7.28. The van der Waals surface area contributed by atoms with E-state index in [1.165, 1.54) is 16.2 Å². The molecule has 1 aromatic carbocycles. The van der Waals surface area contributed by atoms with Crippen LogP contribution >= 0.6 is 0 Å². The first kappa shape index (κ1) is 16.8. The molecule has 2 heterocycles. The number of amides is 2. The lowest BCUT2D eigenvalue weighted by atomic mass is 9.87. The van der Waals surface area contributed by atoms with Crippen LogP contribution in [-0.4, -0.2) is 40.8 Å². The molecule has 1 aliphatic carbocycles. The summed E-state index contributed by atoms with van der Waals surface area (Å²) in [6.45, 7) is 2.25. The summed E-state index contributed by atoms with van der Waals surface area (Å²) in [7, 11) is 0. The Morgan fingerprint density at radius 3 is 2.92 bits per heavy atom. The Balaban J connectivity index is 1.54. The summed E-state index contributed by atoms with van der Waals surface area (Å²) in [6.07, 6.45) is 4.17. The molecular weight excluding hydrogens is 332 g/mol. The number of aryl methyl sites for hydroxylation is 1. The number of H-pyrrole nitrogens is 1. The van der Waals surface area contributed by atoms with Gasteiger partial charge < -0.3 is 9.72 Å². The van der Waals surface area contributed by atoms with Crippen molar-refractivity contribution in [2.45, 2.75) is 39.0 Å². The van der Waals surface area contributed by atoms with Gasteiger partial charge in [-0.1, -0.05) is 19.1 Å². The van der Waals surface area contributed by atoms with Gasteiger partial charge in [-0.25, -0.2) is 4.79 Å². The van der Waals surface area contributed by atoms with E-state index in [0.29, 0.717) is 30.9 Å². The van der Waals surface area contributed by atoms with Gasteiger partial charge in [0, 0.05) is 24.0 Å². The number of benzene rings is 1. The number of nitrogens with one attached hydrogen (secondary N) is 1. The average Bonchev–Trinajstić information content (AvgIpc) is 3.22. The first-order valence-electron chi connectivity index (χ1n) is 9.17. The normalized spacial score (nSPS) is 19.7. The molecule has 0 saturated carbocycles. The van der Waals surface area contributed by atoms with Crippen molar-refractivity contribution in [3.05, 3.63) is 35.0 Å². The zero-order chi connectivity index (χ0) is 18.3. The van der Waals surface area contributed by atoms with Crippen molar-refractivity contribution < 1.29 is 19.1 Å². The second-order valence-electron chi connectivity index (χ2n) is 7.28. The third-order valence-corrected chi connectivity index (χ3v) is 5.39. The lowest BCUT2D eigenvalue weighted by molar-refractivity contribution is -0.143. The Labute approximate surface area is 151 Å². The van der Waals surface area contributed by atoms with Crippen molar-refractivity contribution in [3.8, 4) is 0 Å². The summed E-state index contributed by atoms with van der Waals surface area (Å²) >= 11 is 0. The molecule has 0 radical (unpaired) electrons. The van der Waals surface area contributed by atoms with Crippen LogP contribution in [0.3, 0.4) is 0 Å². The van der Waals surface area contributed by atoms with Crippen LogP contribution in [0.25, 0.3) is 10.9 Å². The molecule has 0 spiro atoms. The molecule has 1 unspecified atom stereocenters. The number of likely N-dealkylation sites (tertiary alicyclic amines) is 1. The molecule has 136 valence electrons. The molecule has 4 rings (SSSR count). The average molecular weight is 354 g/mol. The van der Waals surface area contributed by atoms with E-state index in [-0.39, 0.29) is 5.91 Å². The van der Waals surface area contributed by atoms with E-state index in [2.05, 4.69) is 11.9 Å². The lowest BCUT2D eigenvalue weighted by Gasteiger charge is -2.17. The van der Waals surface area contributed by atoms with Gasteiger partial charge in [-0.3, -0.25) is 14.5 Å². The highest BCUT2D eigenvalue weighted by atomic mass is 16.5. The molecule has 6 nitrogen and oxygen atoms in total. The summed E-state index contributed by atoms with van der Waals surface area (Å²) in [4.78, 5) is 40.8. The predicted molar refractivity (Wildman–Crippen MR) is 95.7 cm³/mol. The van der Waals surface area contributed by atoms with Gasteiger partial charge >= 0.3 is 5.97 Å². The summed E-state index contributed by atoms with van der Waals surface area (Å²) in [5.74, 6) is -0.554. The van der Waals surface area contributed by atoms with Crippen LogP contribution in [0.5, 0.6) is 0 Å². The maximum absolute atomic E-state index is 12.5. The number of rotatable bonds is 3. The largest absolute Gasteiger partial charge is 0.452 e. The molecule has 2 amide bonds. The molecule has 1 atom stereocenters. The van der Waals surface area contributed by atoms with Crippen molar-refractivity contribution in [1.29, 1.82) is 0 Å². The quantitative estimate of drug-likeness (QED) is 0.859. The zero-order valence-electron chi connectivity index (χ0n) is 14.8. The Morgan fingerprint density at radius 1 is 1.31 bits per heavy atom. The molecular formula is C20H22N2O4. The van der Waals surface area contributed by atoms with Gasteiger partial charge in [0.05, 0.1) is 11.1 Å². The highest BCUT2D eigenvalue weighted by molar-refractivity contribution is 6.05. The van der Waals surface area contributed by atoms with Gasteiger partial charge in [-0.2, -0.15) is 0 Å². The molecule has 26 heavy (non-hydrogen) atoms. The van der Waals surface area contributed by atoms with Crippen molar-refractivity contribution in [2.24, 2.45) is 5.92 Å². The van der Waals surface area contributed by atoms with Gasteiger partial charge in [0.15, 0.2) is 6.61 Å². The molecule has 1 fully saturated rings. The fraction of sp³-hybridized carbons (Fsp3) is 0.450. The minimum absolute atomic E-state index is 0.195. The number of fused-ring (bicyclic) bond motifs is 3. The SMILES string of the molecule is CC1CCc2[nH]c3c(C(=O)OCC(=O)N4CCCC4=O)cccc3c2C1. The molecule has 1 aromatic heterocycles. The predicted octanol–water partition coefficient (Wildman–Crippen LogP) is 2.60. The van der Waals surface area contributed by atoms with Crippen LogP contribution in [0.4, 0.5) is 0 Å². The number of hydrogen-bond donors (Lipinski definition) is 1. The fourth-order valence-electron chi connectivity index (χ4n) is 3.98. The standard InChI is InChI=1S/C20H22N2O4/c1-12-7-8-16-15(10-12)13-4-2-5-14(19(13)21-16)20(25)26-11-18(24)22-9-3-6-17(22)23/h2,4-5,12,21H,3,6-11H2,1H3. The minimum atomic E-state index is -0.540. The summed E-state index contributed by atoms with van der Waals surface area (Å²) in [6, 6.07) is 5.58. The van der Waals surface area contributed by atoms with Crippen LogP contribution in [0.1, 0.15) is 47.8 Å². The molecule has 2 aliphatic rings. The van der Waals surface area contributed by atoms with Crippen molar-refractivity contribution in [3.63, 3.8) is 0 Å². The van der Waals surface area contributed by atoms with Crippen molar-refractivity contribution in [1.82, 2.24) is 9.88 Å². The monoisotopic (exact) mass is 354 g/mol. The van der Waals surface area contributed by atoms with Crippen LogP contribution in [0.15, 0.2) is 18.2 Å². The topological polar surface area (TPSA) is 79.5 Å². The van der Waals surface area contributed by atoms with Crippen LogP contribution in [0, 0.1) is 5.92 Å². The number of para-hydroxylation sites is 1. The van der Waals surface area contributed by atoms with Crippen LogP contribution in [-0.2, 0) is 27.2 Å². The Bertz CT molecular complexity index is 899. The van der Waals surface area contributed by atoms with Crippen LogP contribution in [0.2, 0.25) is 0 Å². The fourth-order valence-corrected chi connectivity index (χ4v) is 3.98. The Hall–Kier alpha value is -2.63. The van der Waals surface area contributed by atoms with Crippen molar-refractivity contribution >= 4 is 28.7 Å². The van der Waals surface area contributed by atoms with Gasteiger partial charge in [-0.15, -0.1) is 0 Å². The van der Waals surface area contributed by atoms with Crippen LogP contribution < -0.4 is 0 Å². The van der Waals surface area contributed by atoms with E-state index in [0.717, 1.165) is 30.2 Å². The smallest absolute Gasteiger partial charge is 0.340 e. The Kier molecular flexibility index (Phi) is 4.26. The number of aromatic nitrogens is 1. The van der Waals surface area contributed by atoms with E-state index in [4.69, 9.17) is 4.74 Å². The van der Waals surface area contributed by atoms with E-state index in [1.54, 1.807) is 6.07 Å². The van der Waals surface area contributed by atoms with E-state index < -0.39 is 18.5 Å². The number of hydrogen-bond acceptors (Lipinski definition) is 4. The molecule has 0 bridgehead atoms. The number of ether oxygens (including phenoxy) is 1. The Morgan fingerprint density at radius 2 is 2.15 bits per heavy atom. The summed E-state index contributed by atoms with van der Waals surface area (Å²) in [5.41, 5.74) is 3.69. The second kappa shape index (κ2) is 6.59. The van der Waals surface area contributed by atoms with Gasteiger partial charge in [-0.05, 0) is 43.2 Å². The first-order chi connectivity index (χ1) is 12.5. The number of imide groups is 1. The molecule has 1 saturated heterocycles. The third-order valence-electron chi connectivity index (χ3n) is 5.39. The first-order valence-corrected chi connectivity index (χ1v) is 9.17. The molecule has 6 heteroatoms. The number of aromatic amines is 1. The van der Waals surface area contributed by atoms with Crippen molar-refractivity contribution in [2.75, 3.05) is 13.2 Å². The number of esters is 1. The number of carbonyl (C=O) groups excluding carboxylic acids is 3. The molecule has 1 aliphatic heterocycles. The van der Waals surface area contributed by atoms with E-state index in [9.17, 15) is 14.4 Å². The summed E-state index contributed by atoms with van der Waals surface area (Å²) < 4.78 is 5.21. The number of nitrogens with zero attached hydrogens (tertiary/aromatic N) is 1. The highest BCUT2D eigenvalue weighted by Gasteiger charge is 2.28. The number of carbonyl (C=O) groups is 3. The third kappa shape index (κ3) is 2.89. The minimum Gasteiger partial charge on any atom is -0.452 e. The maximum atomic E-state index is 12.5. The van der Waals surface area contributed by atoms with Gasteiger partial charge in [0.25, 0.3) is 5.91 Å². The lowest BCUT2D eigenvalue weighted by Crippen LogP contribution is -2.35. The van der Waals surface area contributed by atoms with Gasteiger partial charge in [0.2, 0.25) is 5.91 Å². The van der Waals surface area contributed by atoms with E-state index >= 15 is 0 Å².